The lowest BCUT2D eigenvalue weighted by Gasteiger charge is -2.15. The van der Waals surface area contributed by atoms with Crippen molar-refractivity contribution in [3.63, 3.8) is 0 Å². The molecule has 112 valence electrons. The zero-order valence-corrected chi connectivity index (χ0v) is 13.1. The van der Waals surface area contributed by atoms with Crippen molar-refractivity contribution < 1.29 is 8.42 Å². The molecule has 1 aromatic carbocycles. The Morgan fingerprint density at radius 3 is 2.52 bits per heavy atom. The van der Waals surface area contributed by atoms with Gasteiger partial charge in [0.2, 0.25) is 0 Å². The van der Waals surface area contributed by atoms with Crippen molar-refractivity contribution in [3.8, 4) is 0 Å². The Hall–Kier alpha value is -2.08. The van der Waals surface area contributed by atoms with Crippen LogP contribution in [0.2, 0.25) is 0 Å². The van der Waals surface area contributed by atoms with Gasteiger partial charge in [-0.1, -0.05) is 32.0 Å². The molecule has 0 saturated heterocycles. The van der Waals surface area contributed by atoms with Crippen LogP contribution < -0.4 is 10.0 Å². The highest BCUT2D eigenvalue weighted by molar-refractivity contribution is 7.92. The zero-order valence-electron chi connectivity index (χ0n) is 12.3. The van der Waals surface area contributed by atoms with E-state index in [2.05, 4.69) is 15.0 Å². The standard InChI is InChI=1S/C15H19N3O2S/c1-11(2)13-6-4-5-7-14(13)18-21(19,20)12-8-9-17-15(10-12)16-3/h4-11,18H,1-3H3,(H,16,17). The molecule has 0 unspecified atom stereocenters. The number of pyridine rings is 1. The van der Waals surface area contributed by atoms with Gasteiger partial charge in [0.25, 0.3) is 10.0 Å². The summed E-state index contributed by atoms with van der Waals surface area (Å²) in [6, 6.07) is 10.4. The van der Waals surface area contributed by atoms with E-state index in [0.717, 1.165) is 5.56 Å². The highest BCUT2D eigenvalue weighted by Crippen LogP contribution is 2.26. The number of nitrogens with one attached hydrogen (secondary N) is 2. The Balaban J connectivity index is 2.38. The fourth-order valence-corrected chi connectivity index (χ4v) is 3.11. The largest absolute Gasteiger partial charge is 0.373 e. The number of benzene rings is 1. The van der Waals surface area contributed by atoms with Crippen molar-refractivity contribution >= 4 is 21.5 Å². The van der Waals surface area contributed by atoms with Crippen LogP contribution in [0.15, 0.2) is 47.5 Å². The van der Waals surface area contributed by atoms with Crippen molar-refractivity contribution in [1.29, 1.82) is 0 Å². The van der Waals surface area contributed by atoms with Crippen LogP contribution in [0.1, 0.15) is 25.3 Å². The average Bonchev–Trinajstić information content (AvgIpc) is 2.47. The minimum atomic E-state index is -3.63. The second-order valence-corrected chi connectivity index (χ2v) is 6.66. The first-order valence-electron chi connectivity index (χ1n) is 6.69. The van der Waals surface area contributed by atoms with Gasteiger partial charge in [0.15, 0.2) is 0 Å². The topological polar surface area (TPSA) is 71.1 Å². The van der Waals surface area contributed by atoms with Crippen LogP contribution in [-0.2, 0) is 10.0 Å². The summed E-state index contributed by atoms with van der Waals surface area (Å²) in [5, 5.41) is 2.83. The fourth-order valence-electron chi connectivity index (χ4n) is 2.01. The number of aromatic nitrogens is 1. The van der Waals surface area contributed by atoms with Gasteiger partial charge in [-0.15, -0.1) is 0 Å². The molecule has 0 aliphatic rings. The van der Waals surface area contributed by atoms with E-state index in [1.165, 1.54) is 18.3 Å². The molecule has 0 amide bonds. The van der Waals surface area contributed by atoms with Gasteiger partial charge >= 0.3 is 0 Å². The molecule has 2 aromatic rings. The summed E-state index contributed by atoms with van der Waals surface area (Å²) in [4.78, 5) is 4.20. The Bertz CT molecular complexity index is 727. The lowest BCUT2D eigenvalue weighted by Crippen LogP contribution is -2.15. The predicted octanol–water partition coefficient (Wildman–Crippen LogP) is 3.05. The van der Waals surface area contributed by atoms with Gasteiger partial charge in [0.05, 0.1) is 10.6 Å². The van der Waals surface area contributed by atoms with E-state index in [4.69, 9.17) is 0 Å². The number of hydrogen-bond acceptors (Lipinski definition) is 4. The first kappa shape index (κ1) is 15.3. The Morgan fingerprint density at radius 1 is 1.14 bits per heavy atom. The van der Waals surface area contributed by atoms with Crippen LogP contribution in [0, 0.1) is 0 Å². The van der Waals surface area contributed by atoms with Gasteiger partial charge in [-0.3, -0.25) is 4.72 Å². The van der Waals surface area contributed by atoms with Gasteiger partial charge in [-0.05, 0) is 23.6 Å². The summed E-state index contributed by atoms with van der Waals surface area (Å²) in [5.74, 6) is 0.740. The Kier molecular flexibility index (Phi) is 4.47. The Morgan fingerprint density at radius 2 is 1.86 bits per heavy atom. The van der Waals surface area contributed by atoms with Crippen LogP contribution in [-0.4, -0.2) is 20.4 Å². The van der Waals surface area contributed by atoms with E-state index >= 15 is 0 Å². The van der Waals surface area contributed by atoms with Gasteiger partial charge in [-0.2, -0.15) is 0 Å². The normalized spacial score (nSPS) is 11.4. The minimum absolute atomic E-state index is 0.181. The number of para-hydroxylation sites is 1. The summed E-state index contributed by atoms with van der Waals surface area (Å²) in [5.41, 5.74) is 1.57. The molecule has 0 spiro atoms. The molecule has 1 aromatic heterocycles. The molecule has 1 heterocycles. The molecule has 2 rings (SSSR count). The third-order valence-corrected chi connectivity index (χ3v) is 4.49. The van der Waals surface area contributed by atoms with Crippen molar-refractivity contribution in [3.05, 3.63) is 48.2 Å². The number of hydrogen-bond donors (Lipinski definition) is 2. The van der Waals surface area contributed by atoms with Gasteiger partial charge in [0.1, 0.15) is 5.82 Å². The molecule has 6 heteroatoms. The molecule has 0 fully saturated rings. The van der Waals surface area contributed by atoms with Crippen LogP contribution in [0.3, 0.4) is 0 Å². The quantitative estimate of drug-likeness (QED) is 0.890. The van der Waals surface area contributed by atoms with Gasteiger partial charge in [-0.25, -0.2) is 13.4 Å². The van der Waals surface area contributed by atoms with Crippen LogP contribution >= 0.6 is 0 Å². The maximum absolute atomic E-state index is 12.5. The first-order chi connectivity index (χ1) is 9.94. The molecule has 21 heavy (non-hydrogen) atoms. The summed E-state index contributed by atoms with van der Waals surface area (Å²) in [6.45, 7) is 4.05. The van der Waals surface area contributed by atoms with E-state index < -0.39 is 10.0 Å². The van der Waals surface area contributed by atoms with Gasteiger partial charge in [0, 0.05) is 19.3 Å². The fraction of sp³-hybridized carbons (Fsp3) is 0.267. The van der Waals surface area contributed by atoms with Crippen LogP contribution in [0.4, 0.5) is 11.5 Å². The predicted molar refractivity (Wildman–Crippen MR) is 85.1 cm³/mol. The molecule has 0 aliphatic carbocycles. The lowest BCUT2D eigenvalue weighted by molar-refractivity contribution is 0.601. The van der Waals surface area contributed by atoms with E-state index in [0.29, 0.717) is 11.5 Å². The lowest BCUT2D eigenvalue weighted by atomic mass is 10.0. The smallest absolute Gasteiger partial charge is 0.262 e. The van der Waals surface area contributed by atoms with E-state index in [-0.39, 0.29) is 10.8 Å². The Labute approximate surface area is 125 Å². The van der Waals surface area contributed by atoms with Crippen LogP contribution in [0.25, 0.3) is 0 Å². The second-order valence-electron chi connectivity index (χ2n) is 4.97. The molecular formula is C15H19N3O2S. The van der Waals surface area contributed by atoms with Crippen molar-refractivity contribution in [1.82, 2.24) is 4.98 Å². The van der Waals surface area contributed by atoms with E-state index in [9.17, 15) is 8.42 Å². The molecule has 0 atom stereocenters. The summed E-state index contributed by atoms with van der Waals surface area (Å²) < 4.78 is 27.6. The molecular weight excluding hydrogens is 286 g/mol. The van der Waals surface area contributed by atoms with Crippen molar-refractivity contribution in [2.24, 2.45) is 0 Å². The summed E-state index contributed by atoms with van der Waals surface area (Å²) in [6.07, 6.45) is 1.47. The van der Waals surface area contributed by atoms with Crippen LogP contribution in [0.5, 0.6) is 0 Å². The molecule has 0 saturated carbocycles. The highest BCUT2D eigenvalue weighted by Gasteiger charge is 2.17. The molecule has 2 N–H and O–H groups in total. The maximum atomic E-state index is 12.5. The summed E-state index contributed by atoms with van der Waals surface area (Å²) in [7, 11) is -1.94. The van der Waals surface area contributed by atoms with E-state index in [1.807, 2.05) is 32.0 Å². The SMILES string of the molecule is CNc1cc(S(=O)(=O)Nc2ccccc2C(C)C)ccn1. The van der Waals surface area contributed by atoms with E-state index in [1.54, 1.807) is 13.1 Å². The number of rotatable bonds is 5. The average molecular weight is 305 g/mol. The zero-order chi connectivity index (χ0) is 15.5. The third-order valence-electron chi connectivity index (χ3n) is 3.12. The maximum Gasteiger partial charge on any atom is 0.262 e. The molecule has 0 bridgehead atoms. The van der Waals surface area contributed by atoms with Crippen molar-refractivity contribution in [2.45, 2.75) is 24.7 Å². The monoisotopic (exact) mass is 305 g/mol. The molecule has 5 nitrogen and oxygen atoms in total. The number of sulfonamides is 1. The summed E-state index contributed by atoms with van der Waals surface area (Å²) >= 11 is 0. The number of anilines is 2. The number of nitrogens with zero attached hydrogens (tertiary/aromatic N) is 1. The highest BCUT2D eigenvalue weighted by atomic mass is 32.2. The second kappa shape index (κ2) is 6.13. The molecule has 0 aliphatic heterocycles. The minimum Gasteiger partial charge on any atom is -0.373 e. The first-order valence-corrected chi connectivity index (χ1v) is 8.18. The van der Waals surface area contributed by atoms with Gasteiger partial charge < -0.3 is 5.32 Å². The molecule has 0 radical (unpaired) electrons. The third kappa shape index (κ3) is 3.52. The van der Waals surface area contributed by atoms with Crippen molar-refractivity contribution in [2.75, 3.05) is 17.1 Å².